The van der Waals surface area contributed by atoms with Gasteiger partial charge in [-0.1, -0.05) is 12.8 Å². The van der Waals surface area contributed by atoms with Crippen LogP contribution in [0.25, 0.3) is 0 Å². The van der Waals surface area contributed by atoms with Crippen molar-refractivity contribution in [3.05, 3.63) is 6.33 Å². The van der Waals surface area contributed by atoms with Crippen LogP contribution in [0.15, 0.2) is 6.33 Å². The highest BCUT2D eigenvalue weighted by Crippen LogP contribution is 2.37. The highest BCUT2D eigenvalue weighted by Gasteiger charge is 2.36. The van der Waals surface area contributed by atoms with E-state index in [2.05, 4.69) is 20.3 Å². The van der Waals surface area contributed by atoms with Crippen molar-refractivity contribution >= 4 is 11.6 Å². The molecular formula is C13H21N5O2. The molecule has 1 aromatic heterocycles. The Balaban J connectivity index is 1.94. The van der Waals surface area contributed by atoms with Crippen LogP contribution in [0.3, 0.4) is 0 Å². The lowest BCUT2D eigenvalue weighted by molar-refractivity contribution is -0.00914. The maximum absolute atomic E-state index is 5.90. The number of nitrogens with one attached hydrogen (secondary N) is 1. The second kappa shape index (κ2) is 5.80. The van der Waals surface area contributed by atoms with E-state index in [0.717, 1.165) is 31.8 Å². The first-order chi connectivity index (χ1) is 9.85. The third-order valence-electron chi connectivity index (χ3n) is 4.13. The monoisotopic (exact) mass is 279 g/mol. The van der Waals surface area contributed by atoms with Gasteiger partial charge in [-0.25, -0.2) is 15.8 Å². The fraction of sp³-hybridized carbons (Fsp3) is 0.692. The zero-order valence-corrected chi connectivity index (χ0v) is 11.7. The summed E-state index contributed by atoms with van der Waals surface area (Å²) in [6, 6.07) is 0.368. The van der Waals surface area contributed by atoms with Crippen LogP contribution >= 0.6 is 0 Å². The standard InChI is InChI=1S/C13H21N5O2/c1-19-11-12(17-14)15-8-16-13(11)18-6-7-20-10-5-3-2-4-9(10)18/h8-10H,2-7,14H2,1H3,(H,15,16,17). The van der Waals surface area contributed by atoms with Crippen LogP contribution in [0.5, 0.6) is 5.75 Å². The molecule has 2 fully saturated rings. The summed E-state index contributed by atoms with van der Waals surface area (Å²) in [6.45, 7) is 1.54. The van der Waals surface area contributed by atoms with Gasteiger partial charge in [-0.15, -0.1) is 0 Å². The van der Waals surface area contributed by atoms with E-state index in [1.165, 1.54) is 19.2 Å². The number of hydrazine groups is 1. The van der Waals surface area contributed by atoms with Crippen molar-refractivity contribution in [1.29, 1.82) is 0 Å². The molecule has 20 heavy (non-hydrogen) atoms. The van der Waals surface area contributed by atoms with Crippen molar-refractivity contribution in [2.24, 2.45) is 5.84 Å². The molecule has 2 atom stereocenters. The number of methoxy groups -OCH3 is 1. The topological polar surface area (TPSA) is 85.5 Å². The van der Waals surface area contributed by atoms with E-state index < -0.39 is 0 Å². The lowest BCUT2D eigenvalue weighted by Crippen LogP contribution is -2.53. The van der Waals surface area contributed by atoms with Crippen molar-refractivity contribution in [3.8, 4) is 5.75 Å². The third-order valence-corrected chi connectivity index (χ3v) is 4.13. The van der Waals surface area contributed by atoms with Crippen LogP contribution < -0.4 is 20.9 Å². The zero-order chi connectivity index (χ0) is 13.9. The molecule has 2 unspecified atom stereocenters. The molecule has 110 valence electrons. The SMILES string of the molecule is COc1c(NN)ncnc1N1CCOC2CCCCC21. The summed E-state index contributed by atoms with van der Waals surface area (Å²) in [5.74, 6) is 7.40. The number of nitrogen functional groups attached to an aromatic ring is 1. The number of rotatable bonds is 3. The maximum Gasteiger partial charge on any atom is 0.205 e. The Morgan fingerprint density at radius 2 is 2.25 bits per heavy atom. The number of fused-ring (bicyclic) bond motifs is 1. The van der Waals surface area contributed by atoms with Gasteiger partial charge >= 0.3 is 0 Å². The molecule has 0 bridgehead atoms. The minimum absolute atomic E-state index is 0.298. The van der Waals surface area contributed by atoms with Crippen LogP contribution in [-0.4, -0.2) is 42.4 Å². The van der Waals surface area contributed by atoms with Crippen LogP contribution in [-0.2, 0) is 4.74 Å². The van der Waals surface area contributed by atoms with E-state index in [0.29, 0.717) is 23.7 Å². The van der Waals surface area contributed by atoms with Gasteiger partial charge in [0.2, 0.25) is 5.75 Å². The minimum Gasteiger partial charge on any atom is -0.490 e. The Kier molecular flexibility index (Phi) is 3.88. The van der Waals surface area contributed by atoms with E-state index in [1.54, 1.807) is 7.11 Å². The molecule has 1 aliphatic carbocycles. The van der Waals surface area contributed by atoms with Gasteiger partial charge in [0.05, 0.1) is 25.9 Å². The molecule has 1 saturated carbocycles. The van der Waals surface area contributed by atoms with Crippen molar-refractivity contribution < 1.29 is 9.47 Å². The molecule has 3 N–H and O–H groups in total. The number of hydrogen-bond acceptors (Lipinski definition) is 7. The van der Waals surface area contributed by atoms with Crippen molar-refractivity contribution in [2.75, 3.05) is 30.6 Å². The third kappa shape index (κ3) is 2.27. The maximum atomic E-state index is 5.90. The molecule has 1 aliphatic heterocycles. The highest BCUT2D eigenvalue weighted by atomic mass is 16.5. The average Bonchev–Trinajstić information content (AvgIpc) is 2.53. The van der Waals surface area contributed by atoms with Crippen molar-refractivity contribution in [2.45, 2.75) is 37.8 Å². The molecule has 1 aromatic rings. The van der Waals surface area contributed by atoms with Gasteiger partial charge in [0.25, 0.3) is 0 Å². The number of hydrogen-bond donors (Lipinski definition) is 2. The molecule has 7 nitrogen and oxygen atoms in total. The lowest BCUT2D eigenvalue weighted by atomic mass is 9.90. The van der Waals surface area contributed by atoms with Gasteiger partial charge in [-0.2, -0.15) is 0 Å². The van der Waals surface area contributed by atoms with E-state index in [9.17, 15) is 0 Å². The number of ether oxygens (including phenoxy) is 2. The van der Waals surface area contributed by atoms with Crippen LogP contribution in [0.2, 0.25) is 0 Å². The minimum atomic E-state index is 0.298. The van der Waals surface area contributed by atoms with Gasteiger partial charge in [0.15, 0.2) is 11.6 Å². The van der Waals surface area contributed by atoms with Crippen LogP contribution in [0, 0.1) is 0 Å². The second-order valence-corrected chi connectivity index (χ2v) is 5.18. The molecule has 2 heterocycles. The van der Waals surface area contributed by atoms with Gasteiger partial charge in [0.1, 0.15) is 6.33 Å². The van der Waals surface area contributed by atoms with Gasteiger partial charge < -0.3 is 19.8 Å². The van der Waals surface area contributed by atoms with E-state index in [-0.39, 0.29) is 0 Å². The number of aromatic nitrogens is 2. The Bertz CT molecular complexity index is 468. The predicted molar refractivity (Wildman–Crippen MR) is 75.7 cm³/mol. The first-order valence-electron chi connectivity index (χ1n) is 7.09. The van der Waals surface area contributed by atoms with E-state index >= 15 is 0 Å². The summed E-state index contributed by atoms with van der Waals surface area (Å²) in [5.41, 5.74) is 2.56. The Morgan fingerprint density at radius 3 is 3.05 bits per heavy atom. The molecule has 2 aliphatic rings. The van der Waals surface area contributed by atoms with Gasteiger partial charge in [0, 0.05) is 6.54 Å². The van der Waals surface area contributed by atoms with E-state index in [1.807, 2.05) is 0 Å². The molecule has 7 heteroatoms. The number of anilines is 2. The highest BCUT2D eigenvalue weighted by molar-refractivity contribution is 5.65. The van der Waals surface area contributed by atoms with Gasteiger partial charge in [-0.3, -0.25) is 0 Å². The summed E-state index contributed by atoms with van der Waals surface area (Å²) in [5, 5.41) is 0. The lowest BCUT2D eigenvalue weighted by Gasteiger charge is -2.44. The summed E-state index contributed by atoms with van der Waals surface area (Å²) >= 11 is 0. The quantitative estimate of drug-likeness (QED) is 0.628. The van der Waals surface area contributed by atoms with E-state index in [4.69, 9.17) is 15.3 Å². The van der Waals surface area contributed by atoms with Crippen LogP contribution in [0.1, 0.15) is 25.7 Å². The normalized spacial score (nSPS) is 26.0. The van der Waals surface area contributed by atoms with Crippen molar-refractivity contribution in [3.63, 3.8) is 0 Å². The molecule has 0 spiro atoms. The smallest absolute Gasteiger partial charge is 0.205 e. The van der Waals surface area contributed by atoms with Gasteiger partial charge in [-0.05, 0) is 12.8 Å². The zero-order valence-electron chi connectivity index (χ0n) is 11.7. The number of morpholine rings is 1. The Morgan fingerprint density at radius 1 is 1.40 bits per heavy atom. The molecular weight excluding hydrogens is 258 g/mol. The fourth-order valence-corrected chi connectivity index (χ4v) is 3.22. The molecule has 3 rings (SSSR count). The van der Waals surface area contributed by atoms with Crippen LogP contribution in [0.4, 0.5) is 11.6 Å². The fourth-order valence-electron chi connectivity index (χ4n) is 3.22. The Labute approximate surface area is 118 Å². The molecule has 1 saturated heterocycles. The first-order valence-corrected chi connectivity index (χ1v) is 7.09. The average molecular weight is 279 g/mol. The second-order valence-electron chi connectivity index (χ2n) is 5.18. The summed E-state index contributed by atoms with van der Waals surface area (Å²) < 4.78 is 11.3. The first kappa shape index (κ1) is 13.4. The predicted octanol–water partition coefficient (Wildman–Crippen LogP) is 0.919. The number of nitrogens with zero attached hydrogens (tertiary/aromatic N) is 3. The summed E-state index contributed by atoms with van der Waals surface area (Å²) in [4.78, 5) is 10.8. The Hall–Kier alpha value is -1.60. The molecule has 0 radical (unpaired) electrons. The largest absolute Gasteiger partial charge is 0.490 e. The summed E-state index contributed by atoms with van der Waals surface area (Å²) in [7, 11) is 1.61. The molecule has 0 amide bonds. The summed E-state index contributed by atoms with van der Waals surface area (Å²) in [6.07, 6.45) is 6.54. The molecule has 0 aromatic carbocycles. The van der Waals surface area contributed by atoms with Crippen molar-refractivity contribution in [1.82, 2.24) is 9.97 Å². The number of nitrogens with two attached hydrogens (primary N) is 1.